The van der Waals surface area contributed by atoms with E-state index in [2.05, 4.69) is 6.92 Å². The number of aliphatic hydroxyl groups excluding tert-OH is 1. The lowest BCUT2D eigenvalue weighted by Crippen LogP contribution is -1.90. The molecule has 0 heterocycles. The van der Waals surface area contributed by atoms with Crippen LogP contribution in [0.25, 0.3) is 0 Å². The second-order valence-electron chi connectivity index (χ2n) is 2.37. The summed E-state index contributed by atoms with van der Waals surface area (Å²) in [5, 5.41) is 8.80. The van der Waals surface area contributed by atoms with E-state index in [0.29, 0.717) is 0 Å². The Bertz CT molecular complexity index is 228. The van der Waals surface area contributed by atoms with Crippen molar-refractivity contribution in [2.45, 2.75) is 13.5 Å². The Balaban J connectivity index is 3.14. The number of rotatable bonds is 1. The zero-order chi connectivity index (χ0) is 7.56. The van der Waals surface area contributed by atoms with Gasteiger partial charge in [-0.3, -0.25) is 0 Å². The lowest BCUT2D eigenvalue weighted by molar-refractivity contribution is 0.281. The van der Waals surface area contributed by atoms with Gasteiger partial charge in [0, 0.05) is 0 Å². The Morgan fingerprint density at radius 1 is 1.50 bits per heavy atom. The average molecular weight is 135 g/mol. The molecule has 0 aliphatic heterocycles. The van der Waals surface area contributed by atoms with Crippen molar-refractivity contribution >= 4 is 0 Å². The van der Waals surface area contributed by atoms with Crippen LogP contribution in [-0.2, 0) is 6.61 Å². The Morgan fingerprint density at radius 3 is 2.70 bits per heavy atom. The van der Waals surface area contributed by atoms with E-state index in [9.17, 15) is 0 Å². The maximum absolute atomic E-state index is 8.80. The van der Waals surface area contributed by atoms with E-state index in [0.717, 1.165) is 16.7 Å². The third kappa shape index (κ3) is 1.19. The van der Waals surface area contributed by atoms with Gasteiger partial charge in [0.2, 0.25) is 0 Å². The molecule has 0 bridgehead atoms. The number of hydrogen-bond acceptors (Lipinski definition) is 1. The highest BCUT2D eigenvalue weighted by Gasteiger charge is 1.96. The van der Waals surface area contributed by atoms with E-state index in [1.165, 1.54) is 0 Å². The summed E-state index contributed by atoms with van der Waals surface area (Å²) >= 11 is 0. The topological polar surface area (TPSA) is 20.2 Å². The molecule has 1 radical (unpaired) electrons. The van der Waals surface area contributed by atoms with Gasteiger partial charge in [0.05, 0.1) is 6.61 Å². The SMILES string of the molecule is [CH2]c1c(C)cccc1CO. The molecule has 0 atom stereocenters. The quantitative estimate of drug-likeness (QED) is 0.621. The molecule has 1 aromatic rings. The minimum Gasteiger partial charge on any atom is -0.392 e. The first-order valence-electron chi connectivity index (χ1n) is 3.27. The Morgan fingerprint density at radius 2 is 2.20 bits per heavy atom. The van der Waals surface area contributed by atoms with E-state index >= 15 is 0 Å². The van der Waals surface area contributed by atoms with Crippen molar-refractivity contribution in [2.24, 2.45) is 0 Å². The molecule has 0 aromatic heterocycles. The fourth-order valence-electron chi connectivity index (χ4n) is 0.911. The molecule has 1 rings (SSSR count). The number of hydrogen-bond donors (Lipinski definition) is 1. The summed E-state index contributed by atoms with van der Waals surface area (Å²) in [6, 6.07) is 5.80. The highest BCUT2D eigenvalue weighted by Crippen LogP contribution is 2.11. The van der Waals surface area contributed by atoms with Gasteiger partial charge in [-0.1, -0.05) is 18.2 Å². The first kappa shape index (κ1) is 7.29. The summed E-state index contributed by atoms with van der Waals surface area (Å²) in [4.78, 5) is 0. The summed E-state index contributed by atoms with van der Waals surface area (Å²) in [6.07, 6.45) is 0. The Kier molecular flexibility index (Phi) is 2.07. The maximum atomic E-state index is 8.80. The largest absolute Gasteiger partial charge is 0.392 e. The highest BCUT2D eigenvalue weighted by atomic mass is 16.3. The molecule has 1 heteroatoms. The lowest BCUT2D eigenvalue weighted by atomic mass is 10.0. The third-order valence-electron chi connectivity index (χ3n) is 1.68. The Labute approximate surface area is 61.3 Å². The van der Waals surface area contributed by atoms with Crippen molar-refractivity contribution in [2.75, 3.05) is 0 Å². The van der Waals surface area contributed by atoms with Gasteiger partial charge >= 0.3 is 0 Å². The summed E-state index contributed by atoms with van der Waals surface area (Å²) in [7, 11) is 0. The number of benzene rings is 1. The van der Waals surface area contributed by atoms with Crippen molar-refractivity contribution in [1.82, 2.24) is 0 Å². The molecule has 0 unspecified atom stereocenters. The van der Waals surface area contributed by atoms with Crippen LogP contribution in [0.5, 0.6) is 0 Å². The van der Waals surface area contributed by atoms with E-state index in [4.69, 9.17) is 5.11 Å². The van der Waals surface area contributed by atoms with Gasteiger partial charge in [0.25, 0.3) is 0 Å². The molecule has 10 heavy (non-hydrogen) atoms. The fraction of sp³-hybridized carbons (Fsp3) is 0.222. The van der Waals surface area contributed by atoms with Gasteiger partial charge in [-0.25, -0.2) is 0 Å². The van der Waals surface area contributed by atoms with E-state index in [1.54, 1.807) is 0 Å². The van der Waals surface area contributed by atoms with Crippen LogP contribution in [0.4, 0.5) is 0 Å². The zero-order valence-corrected chi connectivity index (χ0v) is 6.09. The standard InChI is InChI=1S/C9H11O/c1-7-4-3-5-9(6-10)8(7)2/h3-5,10H,2,6H2,1H3. The molecule has 53 valence electrons. The second-order valence-corrected chi connectivity index (χ2v) is 2.37. The zero-order valence-electron chi connectivity index (χ0n) is 6.09. The van der Waals surface area contributed by atoms with Crippen molar-refractivity contribution in [3.63, 3.8) is 0 Å². The van der Waals surface area contributed by atoms with Gasteiger partial charge in [-0.2, -0.15) is 0 Å². The van der Waals surface area contributed by atoms with Crippen LogP contribution in [0.3, 0.4) is 0 Å². The second kappa shape index (κ2) is 2.84. The predicted molar refractivity (Wildman–Crippen MR) is 41.6 cm³/mol. The summed E-state index contributed by atoms with van der Waals surface area (Å²) in [5.41, 5.74) is 3.00. The molecule has 0 fully saturated rings. The van der Waals surface area contributed by atoms with Crippen molar-refractivity contribution < 1.29 is 5.11 Å². The van der Waals surface area contributed by atoms with Gasteiger partial charge in [-0.05, 0) is 30.5 Å². The van der Waals surface area contributed by atoms with Gasteiger partial charge in [0.1, 0.15) is 0 Å². The molecule has 1 aromatic carbocycles. The molecular weight excluding hydrogens is 124 g/mol. The molecule has 1 nitrogen and oxygen atoms in total. The van der Waals surface area contributed by atoms with Crippen molar-refractivity contribution in [3.8, 4) is 0 Å². The molecule has 0 aliphatic carbocycles. The maximum Gasteiger partial charge on any atom is 0.0684 e. The minimum atomic E-state index is 0.0838. The Hall–Kier alpha value is -0.820. The molecule has 0 amide bonds. The lowest BCUT2D eigenvalue weighted by Gasteiger charge is -2.03. The first-order valence-corrected chi connectivity index (χ1v) is 3.27. The summed E-state index contributed by atoms with van der Waals surface area (Å²) < 4.78 is 0. The van der Waals surface area contributed by atoms with Crippen molar-refractivity contribution in [1.29, 1.82) is 0 Å². The highest BCUT2D eigenvalue weighted by molar-refractivity contribution is 5.35. The van der Waals surface area contributed by atoms with Crippen LogP contribution in [0, 0.1) is 13.8 Å². The molecule has 0 saturated heterocycles. The monoisotopic (exact) mass is 135 g/mol. The van der Waals surface area contributed by atoms with Crippen LogP contribution in [0.15, 0.2) is 18.2 Å². The van der Waals surface area contributed by atoms with Gasteiger partial charge in [0.15, 0.2) is 0 Å². The van der Waals surface area contributed by atoms with E-state index in [-0.39, 0.29) is 6.61 Å². The van der Waals surface area contributed by atoms with Crippen molar-refractivity contribution in [3.05, 3.63) is 41.8 Å². The fourth-order valence-corrected chi connectivity index (χ4v) is 0.911. The molecule has 0 spiro atoms. The normalized spacial score (nSPS) is 9.90. The van der Waals surface area contributed by atoms with E-state index < -0.39 is 0 Å². The van der Waals surface area contributed by atoms with E-state index in [1.807, 2.05) is 25.1 Å². The predicted octanol–water partition coefficient (Wildman–Crippen LogP) is 1.67. The third-order valence-corrected chi connectivity index (χ3v) is 1.68. The van der Waals surface area contributed by atoms with Crippen LogP contribution in [-0.4, -0.2) is 5.11 Å². The summed E-state index contributed by atoms with van der Waals surface area (Å²) in [6.45, 7) is 5.90. The minimum absolute atomic E-state index is 0.0838. The van der Waals surface area contributed by atoms with Gasteiger partial charge in [-0.15, -0.1) is 0 Å². The number of aryl methyl sites for hydroxylation is 1. The average Bonchev–Trinajstić information content (AvgIpc) is 1.95. The first-order chi connectivity index (χ1) is 4.75. The molecule has 0 saturated carbocycles. The summed E-state index contributed by atoms with van der Waals surface area (Å²) in [5.74, 6) is 0. The number of aliphatic hydroxyl groups is 1. The molecule has 1 N–H and O–H groups in total. The van der Waals surface area contributed by atoms with Gasteiger partial charge < -0.3 is 5.11 Å². The van der Waals surface area contributed by atoms with Crippen LogP contribution in [0.1, 0.15) is 16.7 Å². The van der Waals surface area contributed by atoms with Crippen LogP contribution >= 0.6 is 0 Å². The smallest absolute Gasteiger partial charge is 0.0684 e. The molecular formula is C9H11O. The molecule has 0 aliphatic rings. The van der Waals surface area contributed by atoms with Crippen LogP contribution in [0.2, 0.25) is 0 Å². The van der Waals surface area contributed by atoms with Crippen LogP contribution < -0.4 is 0 Å².